The summed E-state index contributed by atoms with van der Waals surface area (Å²) in [6.07, 6.45) is -2.20. The molecule has 0 atom stereocenters. The van der Waals surface area contributed by atoms with Crippen LogP contribution < -0.4 is 10.5 Å². The van der Waals surface area contributed by atoms with Crippen LogP contribution in [0.4, 0.5) is 18.9 Å². The van der Waals surface area contributed by atoms with Crippen molar-refractivity contribution in [1.82, 2.24) is 0 Å². The van der Waals surface area contributed by atoms with E-state index in [9.17, 15) is 13.2 Å². The van der Waals surface area contributed by atoms with Crippen LogP contribution in [0.25, 0.3) is 33.9 Å². The van der Waals surface area contributed by atoms with Gasteiger partial charge in [-0.2, -0.15) is 13.2 Å². The summed E-state index contributed by atoms with van der Waals surface area (Å²) in [5.74, 6) is 1.47. The minimum atomic E-state index is -4.35. The lowest BCUT2D eigenvalue weighted by Crippen LogP contribution is -2.03. The largest absolute Gasteiger partial charge is 0.457 e. The van der Waals surface area contributed by atoms with E-state index < -0.39 is 11.7 Å². The highest BCUT2D eigenvalue weighted by molar-refractivity contribution is 5.92. The lowest BCUT2D eigenvalue weighted by Gasteiger charge is -2.12. The van der Waals surface area contributed by atoms with Crippen LogP contribution in [0.3, 0.4) is 0 Å². The molecule has 2 N–H and O–H groups in total. The molecule has 6 rings (SSSR count). The predicted octanol–water partition coefficient (Wildman–Crippen LogP) is 11.0. The second-order valence-electron chi connectivity index (χ2n) is 10.4. The van der Waals surface area contributed by atoms with E-state index in [0.717, 1.165) is 68.1 Å². The van der Waals surface area contributed by atoms with Crippen LogP contribution >= 0.6 is 0 Å². The maximum atomic E-state index is 13.0. The number of rotatable bonds is 7. The highest BCUT2D eigenvalue weighted by Crippen LogP contribution is 2.33. The summed E-state index contributed by atoms with van der Waals surface area (Å²) in [6.45, 7) is 0. The lowest BCUT2D eigenvalue weighted by atomic mass is 9.93. The first-order chi connectivity index (χ1) is 21.3. The zero-order valence-electron chi connectivity index (χ0n) is 23.6. The number of hydrogen-bond acceptors (Lipinski definition) is 2. The maximum Gasteiger partial charge on any atom is 0.416 e. The van der Waals surface area contributed by atoms with Crippen molar-refractivity contribution in [2.24, 2.45) is 0 Å². The molecule has 5 heteroatoms. The van der Waals surface area contributed by atoms with Gasteiger partial charge in [0.2, 0.25) is 0 Å². The summed E-state index contributed by atoms with van der Waals surface area (Å²) < 4.78 is 44.9. The van der Waals surface area contributed by atoms with Gasteiger partial charge in [-0.15, -0.1) is 0 Å². The van der Waals surface area contributed by atoms with Crippen molar-refractivity contribution in [1.29, 1.82) is 0 Å². The van der Waals surface area contributed by atoms with Gasteiger partial charge in [-0.25, -0.2) is 0 Å². The van der Waals surface area contributed by atoms with Gasteiger partial charge in [0, 0.05) is 5.69 Å². The standard InChI is InChI=1S/C39H28F3NO/c40-39(41,42)34-18-14-30(15-19-34)29-10-12-33(13-11-29)38(32-4-2-1-3-5-32)26-27-6-8-28(9-7-27)31-16-22-36(23-17-31)44-37-24-20-35(43)21-25-37/h1-26H,43H2/b38-26+. The van der Waals surface area contributed by atoms with E-state index in [0.29, 0.717) is 5.69 Å². The molecule has 0 aliphatic heterocycles. The molecule has 0 heterocycles. The second kappa shape index (κ2) is 12.4. The minimum absolute atomic E-state index is 0.654. The molecule has 6 aromatic carbocycles. The van der Waals surface area contributed by atoms with Crippen LogP contribution in [0, 0.1) is 0 Å². The van der Waals surface area contributed by atoms with Gasteiger partial charge >= 0.3 is 6.18 Å². The van der Waals surface area contributed by atoms with Crippen molar-refractivity contribution in [3.8, 4) is 33.8 Å². The molecule has 0 spiro atoms. The summed E-state index contributed by atoms with van der Waals surface area (Å²) in [6, 6.07) is 46.9. The molecule has 0 aliphatic carbocycles. The summed E-state index contributed by atoms with van der Waals surface area (Å²) in [7, 11) is 0. The van der Waals surface area contributed by atoms with Gasteiger partial charge in [0.1, 0.15) is 11.5 Å². The zero-order chi connectivity index (χ0) is 30.5. The van der Waals surface area contributed by atoms with Crippen LogP contribution in [0.5, 0.6) is 11.5 Å². The molecular formula is C39H28F3NO. The molecule has 216 valence electrons. The molecule has 0 unspecified atom stereocenters. The van der Waals surface area contributed by atoms with Gasteiger partial charge in [-0.1, -0.05) is 103 Å². The van der Waals surface area contributed by atoms with Gasteiger partial charge in [0.15, 0.2) is 0 Å². The van der Waals surface area contributed by atoms with Crippen molar-refractivity contribution >= 4 is 17.3 Å². The Morgan fingerprint density at radius 2 is 0.932 bits per heavy atom. The van der Waals surface area contributed by atoms with Gasteiger partial charge < -0.3 is 10.5 Å². The molecule has 0 fully saturated rings. The summed E-state index contributed by atoms with van der Waals surface area (Å²) in [5, 5.41) is 0. The number of benzene rings is 6. The topological polar surface area (TPSA) is 35.2 Å². The Morgan fingerprint density at radius 1 is 0.500 bits per heavy atom. The average molecular weight is 584 g/mol. The molecule has 0 saturated carbocycles. The van der Waals surface area contributed by atoms with E-state index in [1.807, 2.05) is 78.9 Å². The molecule has 0 saturated heterocycles. The second-order valence-corrected chi connectivity index (χ2v) is 10.4. The van der Waals surface area contributed by atoms with Gasteiger partial charge in [0.05, 0.1) is 5.56 Å². The number of nitrogens with two attached hydrogens (primary N) is 1. The molecular weight excluding hydrogens is 555 g/mol. The fraction of sp³-hybridized carbons (Fsp3) is 0.0256. The van der Waals surface area contributed by atoms with E-state index in [4.69, 9.17) is 10.5 Å². The third-order valence-electron chi connectivity index (χ3n) is 7.35. The molecule has 0 bridgehead atoms. The van der Waals surface area contributed by atoms with Crippen LogP contribution in [0.1, 0.15) is 22.3 Å². The maximum absolute atomic E-state index is 13.0. The number of halogens is 3. The van der Waals surface area contributed by atoms with Crippen molar-refractivity contribution in [2.75, 3.05) is 5.73 Å². The minimum Gasteiger partial charge on any atom is -0.457 e. The predicted molar refractivity (Wildman–Crippen MR) is 173 cm³/mol. The first-order valence-electron chi connectivity index (χ1n) is 14.1. The van der Waals surface area contributed by atoms with E-state index in [2.05, 4.69) is 42.5 Å². The number of anilines is 1. The zero-order valence-corrected chi connectivity index (χ0v) is 23.6. The summed E-state index contributed by atoms with van der Waals surface area (Å²) >= 11 is 0. The smallest absolute Gasteiger partial charge is 0.416 e. The summed E-state index contributed by atoms with van der Waals surface area (Å²) in [4.78, 5) is 0. The van der Waals surface area contributed by atoms with Crippen molar-refractivity contribution in [3.63, 3.8) is 0 Å². The van der Waals surface area contributed by atoms with Crippen molar-refractivity contribution in [2.45, 2.75) is 6.18 Å². The Balaban J connectivity index is 1.23. The number of hydrogen-bond donors (Lipinski definition) is 1. The highest BCUT2D eigenvalue weighted by Gasteiger charge is 2.29. The van der Waals surface area contributed by atoms with Gasteiger partial charge in [0.25, 0.3) is 0 Å². The third-order valence-corrected chi connectivity index (χ3v) is 7.35. The van der Waals surface area contributed by atoms with E-state index in [1.54, 1.807) is 12.1 Å². The molecule has 0 radical (unpaired) electrons. The van der Waals surface area contributed by atoms with Crippen LogP contribution in [-0.4, -0.2) is 0 Å². The third kappa shape index (κ3) is 6.74. The Morgan fingerprint density at radius 3 is 1.45 bits per heavy atom. The summed E-state index contributed by atoms with van der Waals surface area (Å²) in [5.41, 5.74) is 13.7. The first kappa shape index (κ1) is 28.6. The molecule has 0 aliphatic rings. The number of nitrogen functional groups attached to an aromatic ring is 1. The molecule has 2 nitrogen and oxygen atoms in total. The van der Waals surface area contributed by atoms with Gasteiger partial charge in [-0.05, 0) is 99.1 Å². The Kier molecular flexibility index (Phi) is 8.02. The SMILES string of the molecule is Nc1ccc(Oc2ccc(-c3ccc(/C=C(\c4ccccc4)c4ccc(-c5ccc(C(F)(F)F)cc5)cc4)cc3)cc2)cc1. The Bertz CT molecular complexity index is 1860. The van der Waals surface area contributed by atoms with Crippen LogP contribution in [0.15, 0.2) is 152 Å². The van der Waals surface area contributed by atoms with E-state index in [-0.39, 0.29) is 0 Å². The average Bonchev–Trinajstić information content (AvgIpc) is 3.06. The van der Waals surface area contributed by atoms with Crippen molar-refractivity contribution in [3.05, 3.63) is 174 Å². The fourth-order valence-electron chi connectivity index (χ4n) is 4.97. The molecule has 6 aromatic rings. The lowest BCUT2D eigenvalue weighted by molar-refractivity contribution is -0.137. The number of alkyl halides is 3. The van der Waals surface area contributed by atoms with Crippen LogP contribution in [0.2, 0.25) is 0 Å². The molecule has 0 aromatic heterocycles. The Labute approximate surface area is 254 Å². The van der Waals surface area contributed by atoms with Crippen LogP contribution in [-0.2, 0) is 6.18 Å². The Hall–Kier alpha value is -5.55. The quantitative estimate of drug-likeness (QED) is 0.150. The highest BCUT2D eigenvalue weighted by atomic mass is 19.4. The number of ether oxygens (including phenoxy) is 1. The molecule has 0 amide bonds. The van der Waals surface area contributed by atoms with E-state index >= 15 is 0 Å². The fourth-order valence-corrected chi connectivity index (χ4v) is 4.97. The van der Waals surface area contributed by atoms with Gasteiger partial charge in [-0.3, -0.25) is 0 Å². The first-order valence-corrected chi connectivity index (χ1v) is 14.1. The van der Waals surface area contributed by atoms with Crippen molar-refractivity contribution < 1.29 is 17.9 Å². The molecule has 44 heavy (non-hydrogen) atoms. The monoisotopic (exact) mass is 583 g/mol. The van der Waals surface area contributed by atoms with E-state index in [1.165, 1.54) is 12.1 Å². The normalized spacial score (nSPS) is 11.8.